The van der Waals surface area contributed by atoms with E-state index in [4.69, 9.17) is 9.62 Å². The first-order valence-electron chi connectivity index (χ1n) is 8.49. The number of carbonyl (C=O) groups excluding carboxylic acids is 1. The standard InChI is InChI=1S/C20H20N2O3/c1-11(2)20-21-14-9-8-13(10-15(14)25-20)17-16(18(17)19(23)22-24)12-6-4-3-5-7-12/h3-11,16-18,24H,1-2H3,(H,22,23). The Kier molecular flexibility index (Phi) is 3.81. The van der Waals surface area contributed by atoms with Gasteiger partial charge in [0.25, 0.3) is 0 Å². The zero-order chi connectivity index (χ0) is 17.6. The van der Waals surface area contributed by atoms with Gasteiger partial charge in [-0.05, 0) is 23.3 Å². The number of hydrogen-bond donors (Lipinski definition) is 2. The topological polar surface area (TPSA) is 75.4 Å². The van der Waals surface area contributed by atoms with Gasteiger partial charge in [0.15, 0.2) is 11.5 Å². The van der Waals surface area contributed by atoms with E-state index in [9.17, 15) is 4.79 Å². The predicted molar refractivity (Wildman–Crippen MR) is 93.4 cm³/mol. The molecule has 0 radical (unpaired) electrons. The van der Waals surface area contributed by atoms with Gasteiger partial charge < -0.3 is 4.42 Å². The molecule has 4 rings (SSSR count). The van der Waals surface area contributed by atoms with Crippen molar-refractivity contribution in [3.63, 3.8) is 0 Å². The van der Waals surface area contributed by atoms with Crippen LogP contribution in [0.25, 0.3) is 11.1 Å². The fourth-order valence-corrected chi connectivity index (χ4v) is 3.63. The fraction of sp³-hybridized carbons (Fsp3) is 0.300. The molecule has 128 valence electrons. The van der Waals surface area contributed by atoms with E-state index in [0.717, 1.165) is 22.2 Å². The zero-order valence-electron chi connectivity index (χ0n) is 14.1. The van der Waals surface area contributed by atoms with Crippen LogP contribution in [0.3, 0.4) is 0 Å². The molecule has 3 unspecified atom stereocenters. The predicted octanol–water partition coefficient (Wildman–Crippen LogP) is 3.95. The summed E-state index contributed by atoms with van der Waals surface area (Å²) in [6, 6.07) is 15.8. The SMILES string of the molecule is CC(C)c1nc2ccc(C3C(C(=O)NO)C3c3ccccc3)cc2o1. The van der Waals surface area contributed by atoms with E-state index in [1.165, 1.54) is 0 Å². The molecule has 1 aliphatic carbocycles. The highest BCUT2D eigenvalue weighted by Gasteiger charge is 2.56. The molecule has 1 saturated carbocycles. The van der Waals surface area contributed by atoms with Crippen molar-refractivity contribution in [3.05, 3.63) is 65.5 Å². The average molecular weight is 336 g/mol. The maximum atomic E-state index is 12.1. The Morgan fingerprint density at radius 1 is 1.12 bits per heavy atom. The molecule has 2 aromatic carbocycles. The number of hydroxylamine groups is 1. The second kappa shape index (κ2) is 6.01. The number of nitrogens with zero attached hydrogens (tertiary/aromatic N) is 1. The Hall–Kier alpha value is -2.66. The van der Waals surface area contributed by atoms with Crippen LogP contribution in [-0.2, 0) is 4.79 Å². The summed E-state index contributed by atoms with van der Waals surface area (Å²) in [4.78, 5) is 16.6. The lowest BCUT2D eigenvalue weighted by molar-refractivity contribution is -0.130. The molecule has 1 aliphatic rings. The van der Waals surface area contributed by atoms with Gasteiger partial charge >= 0.3 is 0 Å². The van der Waals surface area contributed by atoms with Crippen LogP contribution >= 0.6 is 0 Å². The molecule has 3 aromatic rings. The molecule has 1 amide bonds. The number of carbonyl (C=O) groups is 1. The highest BCUT2D eigenvalue weighted by atomic mass is 16.5. The van der Waals surface area contributed by atoms with Crippen LogP contribution < -0.4 is 5.48 Å². The number of fused-ring (bicyclic) bond motifs is 1. The summed E-state index contributed by atoms with van der Waals surface area (Å²) in [5, 5.41) is 9.08. The van der Waals surface area contributed by atoms with Crippen molar-refractivity contribution in [1.82, 2.24) is 10.5 Å². The normalized spacial score (nSPS) is 22.3. The van der Waals surface area contributed by atoms with E-state index in [1.807, 2.05) is 67.9 Å². The first-order valence-corrected chi connectivity index (χ1v) is 8.49. The van der Waals surface area contributed by atoms with E-state index in [0.29, 0.717) is 5.89 Å². The quantitative estimate of drug-likeness (QED) is 0.559. The Morgan fingerprint density at radius 2 is 1.84 bits per heavy atom. The van der Waals surface area contributed by atoms with Crippen molar-refractivity contribution < 1.29 is 14.4 Å². The van der Waals surface area contributed by atoms with Crippen LogP contribution in [0.2, 0.25) is 0 Å². The summed E-state index contributed by atoms with van der Waals surface area (Å²) >= 11 is 0. The molecule has 0 bridgehead atoms. The van der Waals surface area contributed by atoms with Crippen molar-refractivity contribution in [1.29, 1.82) is 0 Å². The van der Waals surface area contributed by atoms with Crippen LogP contribution in [0.1, 0.15) is 48.6 Å². The molecular formula is C20H20N2O3. The maximum Gasteiger partial charge on any atom is 0.247 e. The van der Waals surface area contributed by atoms with Crippen LogP contribution in [0.4, 0.5) is 0 Å². The first-order chi connectivity index (χ1) is 12.1. The van der Waals surface area contributed by atoms with Gasteiger partial charge in [0.2, 0.25) is 5.91 Å². The van der Waals surface area contributed by atoms with Crippen LogP contribution in [0.15, 0.2) is 52.9 Å². The fourth-order valence-electron chi connectivity index (χ4n) is 3.63. The van der Waals surface area contributed by atoms with E-state index < -0.39 is 0 Å². The Morgan fingerprint density at radius 3 is 2.52 bits per heavy atom. The molecular weight excluding hydrogens is 316 g/mol. The molecule has 5 heteroatoms. The lowest BCUT2D eigenvalue weighted by Crippen LogP contribution is -2.21. The maximum absolute atomic E-state index is 12.1. The molecule has 1 heterocycles. The summed E-state index contributed by atoms with van der Waals surface area (Å²) in [7, 11) is 0. The molecule has 3 atom stereocenters. The number of hydrogen-bond acceptors (Lipinski definition) is 4. The minimum absolute atomic E-state index is 0.0200. The monoisotopic (exact) mass is 336 g/mol. The number of benzene rings is 2. The second-order valence-electron chi connectivity index (χ2n) is 6.90. The summed E-state index contributed by atoms with van der Waals surface area (Å²) < 4.78 is 5.85. The van der Waals surface area contributed by atoms with Gasteiger partial charge in [0, 0.05) is 17.8 Å². The summed E-state index contributed by atoms with van der Waals surface area (Å²) in [6.07, 6.45) is 0. The number of oxazole rings is 1. The van der Waals surface area contributed by atoms with Crippen molar-refractivity contribution in [2.24, 2.45) is 5.92 Å². The van der Waals surface area contributed by atoms with Gasteiger partial charge in [0.05, 0.1) is 5.92 Å². The molecule has 0 spiro atoms. The molecule has 0 saturated heterocycles. The highest BCUT2D eigenvalue weighted by molar-refractivity contribution is 5.85. The zero-order valence-corrected chi connectivity index (χ0v) is 14.1. The van der Waals surface area contributed by atoms with Gasteiger partial charge in [-0.3, -0.25) is 10.0 Å². The highest BCUT2D eigenvalue weighted by Crippen LogP contribution is 2.60. The molecule has 1 aromatic heterocycles. The summed E-state index contributed by atoms with van der Waals surface area (Å²) in [5.74, 6) is 0.385. The van der Waals surface area contributed by atoms with Gasteiger partial charge in [0.1, 0.15) is 5.52 Å². The summed E-state index contributed by atoms with van der Waals surface area (Å²) in [6.45, 7) is 4.08. The van der Waals surface area contributed by atoms with Crippen molar-refractivity contribution in [3.8, 4) is 0 Å². The van der Waals surface area contributed by atoms with Crippen molar-refractivity contribution >= 4 is 17.0 Å². The van der Waals surface area contributed by atoms with Gasteiger partial charge in [-0.1, -0.05) is 50.2 Å². The summed E-state index contributed by atoms with van der Waals surface area (Å²) in [5.41, 5.74) is 5.50. The molecule has 0 aliphatic heterocycles. The van der Waals surface area contributed by atoms with E-state index in [2.05, 4.69) is 4.98 Å². The van der Waals surface area contributed by atoms with E-state index >= 15 is 0 Å². The molecule has 5 nitrogen and oxygen atoms in total. The number of rotatable bonds is 4. The molecule has 1 fully saturated rings. The third kappa shape index (κ3) is 2.70. The smallest absolute Gasteiger partial charge is 0.247 e. The number of aromatic nitrogens is 1. The third-order valence-corrected chi connectivity index (χ3v) is 4.93. The minimum Gasteiger partial charge on any atom is -0.440 e. The van der Waals surface area contributed by atoms with Gasteiger partial charge in [-0.2, -0.15) is 0 Å². The van der Waals surface area contributed by atoms with E-state index in [1.54, 1.807) is 0 Å². The van der Waals surface area contributed by atoms with Gasteiger partial charge in [-0.15, -0.1) is 0 Å². The lowest BCUT2D eigenvalue weighted by atomic mass is 10.0. The third-order valence-electron chi connectivity index (χ3n) is 4.93. The van der Waals surface area contributed by atoms with Gasteiger partial charge in [-0.25, -0.2) is 10.5 Å². The second-order valence-corrected chi connectivity index (χ2v) is 6.90. The average Bonchev–Trinajstić information content (AvgIpc) is 3.23. The Balaban J connectivity index is 1.71. The number of amides is 1. The largest absolute Gasteiger partial charge is 0.440 e. The van der Waals surface area contributed by atoms with Crippen molar-refractivity contribution in [2.75, 3.05) is 0 Å². The minimum atomic E-state index is -0.348. The Bertz CT molecular complexity index is 917. The van der Waals surface area contributed by atoms with Crippen LogP contribution in [0.5, 0.6) is 0 Å². The van der Waals surface area contributed by atoms with E-state index in [-0.39, 0.29) is 29.6 Å². The Labute approximate surface area is 145 Å². The molecule has 2 N–H and O–H groups in total. The van der Waals surface area contributed by atoms with Crippen LogP contribution in [0, 0.1) is 5.92 Å². The first kappa shape index (κ1) is 15.8. The van der Waals surface area contributed by atoms with Crippen LogP contribution in [-0.4, -0.2) is 16.1 Å². The van der Waals surface area contributed by atoms with Crippen molar-refractivity contribution in [2.45, 2.75) is 31.6 Å². The lowest BCUT2D eigenvalue weighted by Gasteiger charge is -2.00. The number of nitrogens with one attached hydrogen (secondary N) is 1. The molecule has 25 heavy (non-hydrogen) atoms.